The van der Waals surface area contributed by atoms with Crippen molar-refractivity contribution in [2.45, 2.75) is 32.6 Å². The van der Waals surface area contributed by atoms with E-state index in [1.165, 1.54) is 21.1 Å². The average Bonchev–Trinajstić information content (AvgIpc) is 2.25. The minimum absolute atomic E-state index is 0.0616. The first-order valence-electron chi connectivity index (χ1n) is 5.15. The molecule has 0 aromatic carbocycles. The molecule has 92 valence electrons. The van der Waals surface area contributed by atoms with Crippen LogP contribution in [0.1, 0.15) is 32.6 Å². The fourth-order valence-electron chi connectivity index (χ4n) is 1.41. The number of rotatable bonds is 7. The third kappa shape index (κ3) is 6.16. The molecule has 0 amide bonds. The SMILES string of the molecule is COC(=O)CCCC(CC(C)=O)C(=O)OC. The van der Waals surface area contributed by atoms with Gasteiger partial charge in [0.25, 0.3) is 0 Å². The largest absolute Gasteiger partial charge is 0.469 e. The first kappa shape index (κ1) is 14.6. The predicted octanol–water partition coefficient (Wildman–Crippen LogP) is 1.10. The van der Waals surface area contributed by atoms with Crippen LogP contribution in [0.2, 0.25) is 0 Å². The molecular weight excluding hydrogens is 212 g/mol. The molecule has 5 nitrogen and oxygen atoms in total. The van der Waals surface area contributed by atoms with E-state index in [0.29, 0.717) is 12.8 Å². The van der Waals surface area contributed by atoms with Gasteiger partial charge in [-0.15, -0.1) is 0 Å². The summed E-state index contributed by atoms with van der Waals surface area (Å²) in [6, 6.07) is 0. The van der Waals surface area contributed by atoms with E-state index >= 15 is 0 Å². The molecule has 0 N–H and O–H groups in total. The molecule has 0 aromatic heterocycles. The minimum Gasteiger partial charge on any atom is -0.469 e. The van der Waals surface area contributed by atoms with Gasteiger partial charge in [-0.1, -0.05) is 0 Å². The molecule has 1 atom stereocenters. The molecule has 0 heterocycles. The maximum atomic E-state index is 11.3. The summed E-state index contributed by atoms with van der Waals surface area (Å²) in [6.07, 6.45) is 1.39. The van der Waals surface area contributed by atoms with Crippen LogP contribution in [0.3, 0.4) is 0 Å². The Labute approximate surface area is 95.1 Å². The molecular formula is C11H18O5. The van der Waals surface area contributed by atoms with Crippen molar-refractivity contribution in [3.8, 4) is 0 Å². The van der Waals surface area contributed by atoms with Crippen LogP contribution in [0, 0.1) is 5.92 Å². The molecule has 0 aliphatic carbocycles. The summed E-state index contributed by atoms with van der Waals surface area (Å²) in [5.74, 6) is -1.23. The highest BCUT2D eigenvalue weighted by atomic mass is 16.5. The van der Waals surface area contributed by atoms with Gasteiger partial charge in [0.1, 0.15) is 5.78 Å². The van der Waals surface area contributed by atoms with Gasteiger partial charge in [-0.05, 0) is 19.8 Å². The molecule has 0 rings (SSSR count). The molecule has 0 saturated carbocycles. The predicted molar refractivity (Wildman–Crippen MR) is 56.7 cm³/mol. The van der Waals surface area contributed by atoms with Gasteiger partial charge >= 0.3 is 11.9 Å². The molecule has 0 bridgehead atoms. The zero-order chi connectivity index (χ0) is 12.6. The van der Waals surface area contributed by atoms with Crippen molar-refractivity contribution >= 4 is 17.7 Å². The number of esters is 2. The number of carbonyl (C=O) groups is 3. The van der Waals surface area contributed by atoms with Crippen LogP contribution in [0.4, 0.5) is 0 Å². The Bertz CT molecular complexity index is 259. The van der Waals surface area contributed by atoms with Gasteiger partial charge in [0.15, 0.2) is 0 Å². The molecule has 0 saturated heterocycles. The van der Waals surface area contributed by atoms with E-state index in [1.54, 1.807) is 0 Å². The molecule has 5 heteroatoms. The van der Waals surface area contributed by atoms with Gasteiger partial charge in [-0.2, -0.15) is 0 Å². The van der Waals surface area contributed by atoms with E-state index < -0.39 is 11.9 Å². The summed E-state index contributed by atoms with van der Waals surface area (Å²) < 4.78 is 9.07. The van der Waals surface area contributed by atoms with Crippen LogP contribution in [0.5, 0.6) is 0 Å². The number of ether oxygens (including phenoxy) is 2. The van der Waals surface area contributed by atoms with Crippen molar-refractivity contribution in [2.24, 2.45) is 5.92 Å². The van der Waals surface area contributed by atoms with E-state index in [0.717, 1.165) is 0 Å². The van der Waals surface area contributed by atoms with Crippen molar-refractivity contribution in [3.63, 3.8) is 0 Å². The fraction of sp³-hybridized carbons (Fsp3) is 0.727. The third-order valence-corrected chi connectivity index (χ3v) is 2.23. The average molecular weight is 230 g/mol. The summed E-state index contributed by atoms with van der Waals surface area (Å²) in [6.45, 7) is 1.43. The molecule has 16 heavy (non-hydrogen) atoms. The molecule has 0 radical (unpaired) electrons. The van der Waals surface area contributed by atoms with Crippen molar-refractivity contribution in [1.29, 1.82) is 0 Å². The zero-order valence-electron chi connectivity index (χ0n) is 9.95. The highest BCUT2D eigenvalue weighted by Crippen LogP contribution is 2.15. The lowest BCUT2D eigenvalue weighted by Crippen LogP contribution is -2.19. The lowest BCUT2D eigenvalue weighted by Gasteiger charge is -2.12. The standard InChI is InChI=1S/C11H18O5/c1-8(12)7-9(11(14)16-3)5-4-6-10(13)15-2/h9H,4-7H2,1-3H3. The summed E-state index contributed by atoms with van der Waals surface area (Å²) in [4.78, 5) is 33.1. The van der Waals surface area contributed by atoms with Crippen LogP contribution in [-0.2, 0) is 23.9 Å². The Kier molecular flexibility index (Phi) is 7.16. The summed E-state index contributed by atoms with van der Waals surface area (Å²) >= 11 is 0. The van der Waals surface area contributed by atoms with Crippen LogP contribution < -0.4 is 0 Å². The Balaban J connectivity index is 4.06. The fourth-order valence-corrected chi connectivity index (χ4v) is 1.41. The maximum Gasteiger partial charge on any atom is 0.309 e. The molecule has 0 aliphatic rings. The first-order chi connectivity index (χ1) is 7.51. The smallest absolute Gasteiger partial charge is 0.309 e. The van der Waals surface area contributed by atoms with Crippen LogP contribution in [0.15, 0.2) is 0 Å². The molecule has 0 spiro atoms. The summed E-state index contributed by atoms with van der Waals surface area (Å²) in [5, 5.41) is 0. The Morgan fingerprint density at radius 2 is 1.75 bits per heavy atom. The van der Waals surface area contributed by atoms with Gasteiger partial charge < -0.3 is 14.3 Å². The Morgan fingerprint density at radius 3 is 2.19 bits per heavy atom. The first-order valence-corrected chi connectivity index (χ1v) is 5.15. The van der Waals surface area contributed by atoms with Crippen molar-refractivity contribution < 1.29 is 23.9 Å². The van der Waals surface area contributed by atoms with Crippen LogP contribution >= 0.6 is 0 Å². The number of methoxy groups -OCH3 is 2. The highest BCUT2D eigenvalue weighted by molar-refractivity contribution is 5.82. The number of Topliss-reactive ketones (excluding diaryl/α,β-unsaturated/α-hetero) is 1. The number of hydrogen-bond acceptors (Lipinski definition) is 5. The van der Waals surface area contributed by atoms with Crippen molar-refractivity contribution in [3.05, 3.63) is 0 Å². The van der Waals surface area contributed by atoms with Gasteiger partial charge in [0.05, 0.1) is 20.1 Å². The van der Waals surface area contributed by atoms with E-state index in [1.807, 2.05) is 0 Å². The summed E-state index contributed by atoms with van der Waals surface area (Å²) in [5.41, 5.74) is 0. The quantitative estimate of drug-likeness (QED) is 0.612. The van der Waals surface area contributed by atoms with Crippen molar-refractivity contribution in [1.82, 2.24) is 0 Å². The van der Waals surface area contributed by atoms with E-state index in [2.05, 4.69) is 9.47 Å². The zero-order valence-corrected chi connectivity index (χ0v) is 9.95. The van der Waals surface area contributed by atoms with Gasteiger partial charge in [0, 0.05) is 12.8 Å². The molecule has 1 unspecified atom stereocenters. The van der Waals surface area contributed by atoms with E-state index in [-0.39, 0.29) is 24.6 Å². The maximum absolute atomic E-state index is 11.3. The lowest BCUT2D eigenvalue weighted by atomic mass is 9.96. The van der Waals surface area contributed by atoms with Gasteiger partial charge in [-0.25, -0.2) is 0 Å². The van der Waals surface area contributed by atoms with Crippen molar-refractivity contribution in [2.75, 3.05) is 14.2 Å². The molecule has 0 fully saturated rings. The van der Waals surface area contributed by atoms with E-state index in [4.69, 9.17) is 0 Å². The van der Waals surface area contributed by atoms with Gasteiger partial charge in [0.2, 0.25) is 0 Å². The Morgan fingerprint density at radius 1 is 1.12 bits per heavy atom. The second kappa shape index (κ2) is 7.84. The Hall–Kier alpha value is -1.39. The normalized spacial score (nSPS) is 11.7. The number of ketones is 1. The number of carbonyl (C=O) groups excluding carboxylic acids is 3. The second-order valence-electron chi connectivity index (χ2n) is 3.59. The second-order valence-corrected chi connectivity index (χ2v) is 3.59. The lowest BCUT2D eigenvalue weighted by molar-refractivity contribution is -0.148. The molecule has 0 aromatic rings. The third-order valence-electron chi connectivity index (χ3n) is 2.23. The summed E-state index contributed by atoms with van der Waals surface area (Å²) in [7, 11) is 2.60. The molecule has 0 aliphatic heterocycles. The minimum atomic E-state index is -0.452. The van der Waals surface area contributed by atoms with Gasteiger partial charge in [-0.3, -0.25) is 9.59 Å². The number of hydrogen-bond donors (Lipinski definition) is 0. The van der Waals surface area contributed by atoms with Crippen LogP contribution in [-0.4, -0.2) is 31.9 Å². The van der Waals surface area contributed by atoms with Crippen LogP contribution in [0.25, 0.3) is 0 Å². The monoisotopic (exact) mass is 230 g/mol. The highest BCUT2D eigenvalue weighted by Gasteiger charge is 2.20. The topological polar surface area (TPSA) is 69.7 Å². The van der Waals surface area contributed by atoms with E-state index in [9.17, 15) is 14.4 Å².